The maximum Gasteiger partial charge on any atom is 0.180 e. The van der Waals surface area contributed by atoms with Gasteiger partial charge in [-0.15, -0.1) is 0 Å². The molecule has 5 nitrogen and oxygen atoms in total. The van der Waals surface area contributed by atoms with Crippen LogP contribution in [0.25, 0.3) is 5.65 Å². The fourth-order valence-electron chi connectivity index (χ4n) is 2.92. The van der Waals surface area contributed by atoms with Crippen molar-refractivity contribution in [1.29, 1.82) is 0 Å². The Hall–Kier alpha value is -1.14. The van der Waals surface area contributed by atoms with E-state index < -0.39 is 0 Å². The van der Waals surface area contributed by atoms with Gasteiger partial charge in [-0.05, 0) is 35.3 Å². The number of piperidine rings is 1. The van der Waals surface area contributed by atoms with E-state index in [9.17, 15) is 0 Å². The molecule has 2 aromatic heterocycles. The standard InChI is InChI=1S/C14H20BrN5/c1-3-19-7-4-11(5-8-19)18(2)14-13-16-6-9-20(13)10-12(15)17-14/h6,9-11H,3-5,7-8H2,1-2H3. The lowest BCUT2D eigenvalue weighted by Crippen LogP contribution is -2.43. The second-order valence-corrected chi connectivity index (χ2v) is 6.13. The first-order chi connectivity index (χ1) is 9.69. The summed E-state index contributed by atoms with van der Waals surface area (Å²) in [5.74, 6) is 0.958. The van der Waals surface area contributed by atoms with Gasteiger partial charge in [0.15, 0.2) is 11.5 Å². The molecule has 0 radical (unpaired) electrons. The molecule has 0 atom stereocenters. The van der Waals surface area contributed by atoms with Crippen LogP contribution in [0.1, 0.15) is 19.8 Å². The van der Waals surface area contributed by atoms with Gasteiger partial charge in [0.05, 0.1) is 0 Å². The number of likely N-dealkylation sites (tertiary alicyclic amines) is 1. The summed E-state index contributed by atoms with van der Waals surface area (Å²) in [6.45, 7) is 5.72. The number of hydrogen-bond donors (Lipinski definition) is 0. The van der Waals surface area contributed by atoms with Crippen LogP contribution in [-0.4, -0.2) is 52.0 Å². The molecule has 0 N–H and O–H groups in total. The zero-order valence-corrected chi connectivity index (χ0v) is 13.5. The van der Waals surface area contributed by atoms with Gasteiger partial charge < -0.3 is 14.2 Å². The third kappa shape index (κ3) is 2.54. The summed E-state index contributed by atoms with van der Waals surface area (Å²) in [6.07, 6.45) is 8.09. The number of imidazole rings is 1. The lowest BCUT2D eigenvalue weighted by Gasteiger charge is -2.36. The van der Waals surface area contributed by atoms with Crippen LogP contribution in [0, 0.1) is 0 Å². The summed E-state index contributed by atoms with van der Waals surface area (Å²) in [5, 5.41) is 0. The van der Waals surface area contributed by atoms with Crippen molar-refractivity contribution >= 4 is 27.4 Å². The molecule has 20 heavy (non-hydrogen) atoms. The van der Waals surface area contributed by atoms with E-state index in [2.05, 4.69) is 49.7 Å². The molecule has 108 valence electrons. The van der Waals surface area contributed by atoms with Crippen LogP contribution in [0.2, 0.25) is 0 Å². The summed E-state index contributed by atoms with van der Waals surface area (Å²) in [5.41, 5.74) is 0.925. The average Bonchev–Trinajstić information content (AvgIpc) is 2.94. The van der Waals surface area contributed by atoms with E-state index in [1.165, 1.54) is 25.9 Å². The summed E-state index contributed by atoms with van der Waals surface area (Å²) >= 11 is 3.49. The fraction of sp³-hybridized carbons (Fsp3) is 0.571. The largest absolute Gasteiger partial charge is 0.353 e. The predicted octanol–water partition coefficient (Wildman–Crippen LogP) is 2.41. The summed E-state index contributed by atoms with van der Waals surface area (Å²) in [6, 6.07) is 0.542. The molecule has 0 unspecified atom stereocenters. The van der Waals surface area contributed by atoms with Crippen LogP contribution < -0.4 is 4.90 Å². The molecular weight excluding hydrogens is 318 g/mol. The smallest absolute Gasteiger partial charge is 0.180 e. The molecule has 0 spiro atoms. The van der Waals surface area contributed by atoms with Crippen molar-refractivity contribution in [3.63, 3.8) is 0 Å². The first-order valence-corrected chi connectivity index (χ1v) is 7.92. The summed E-state index contributed by atoms with van der Waals surface area (Å²) in [4.78, 5) is 13.9. The average molecular weight is 338 g/mol. The van der Waals surface area contributed by atoms with E-state index in [0.29, 0.717) is 6.04 Å². The van der Waals surface area contributed by atoms with E-state index in [1.54, 1.807) is 0 Å². The lowest BCUT2D eigenvalue weighted by atomic mass is 10.0. The number of anilines is 1. The van der Waals surface area contributed by atoms with Crippen molar-refractivity contribution in [2.45, 2.75) is 25.8 Å². The minimum absolute atomic E-state index is 0.542. The monoisotopic (exact) mass is 337 g/mol. The highest BCUT2D eigenvalue weighted by atomic mass is 79.9. The van der Waals surface area contributed by atoms with Gasteiger partial charge in [0.2, 0.25) is 0 Å². The van der Waals surface area contributed by atoms with E-state index in [4.69, 9.17) is 0 Å². The van der Waals surface area contributed by atoms with Gasteiger partial charge in [-0.1, -0.05) is 6.92 Å². The molecule has 3 heterocycles. The Labute approximate surface area is 127 Å². The van der Waals surface area contributed by atoms with Crippen molar-refractivity contribution in [2.75, 3.05) is 31.6 Å². The van der Waals surface area contributed by atoms with Crippen molar-refractivity contribution in [2.24, 2.45) is 0 Å². The van der Waals surface area contributed by atoms with Crippen LogP contribution in [0.4, 0.5) is 5.82 Å². The minimum atomic E-state index is 0.542. The van der Waals surface area contributed by atoms with Crippen LogP contribution in [0.3, 0.4) is 0 Å². The second kappa shape index (κ2) is 5.69. The van der Waals surface area contributed by atoms with Gasteiger partial charge >= 0.3 is 0 Å². The van der Waals surface area contributed by atoms with Crippen LogP contribution in [-0.2, 0) is 0 Å². The quantitative estimate of drug-likeness (QED) is 0.861. The maximum absolute atomic E-state index is 4.63. The minimum Gasteiger partial charge on any atom is -0.353 e. The van der Waals surface area contributed by atoms with E-state index >= 15 is 0 Å². The van der Waals surface area contributed by atoms with Gasteiger partial charge in [-0.3, -0.25) is 0 Å². The SMILES string of the molecule is CCN1CCC(N(C)c2nc(Br)cn3ccnc23)CC1. The van der Waals surface area contributed by atoms with Crippen molar-refractivity contribution in [3.05, 3.63) is 23.2 Å². The molecule has 0 saturated carbocycles. The van der Waals surface area contributed by atoms with Crippen LogP contribution >= 0.6 is 15.9 Å². The van der Waals surface area contributed by atoms with Gasteiger partial charge in [-0.25, -0.2) is 9.97 Å². The Morgan fingerprint density at radius 1 is 1.40 bits per heavy atom. The van der Waals surface area contributed by atoms with Crippen LogP contribution in [0.5, 0.6) is 0 Å². The van der Waals surface area contributed by atoms with E-state index in [0.717, 1.165) is 22.6 Å². The molecule has 0 bridgehead atoms. The Kier molecular flexibility index (Phi) is 3.94. The Morgan fingerprint density at radius 3 is 2.85 bits per heavy atom. The molecule has 3 rings (SSSR count). The molecular formula is C14H20BrN5. The highest BCUT2D eigenvalue weighted by Crippen LogP contribution is 2.25. The Bertz CT molecular complexity index is 588. The molecule has 0 amide bonds. The third-order valence-corrected chi connectivity index (χ3v) is 4.60. The molecule has 1 aliphatic rings. The van der Waals surface area contributed by atoms with Crippen molar-refractivity contribution in [1.82, 2.24) is 19.3 Å². The lowest BCUT2D eigenvalue weighted by molar-refractivity contribution is 0.220. The van der Waals surface area contributed by atoms with E-state index in [-0.39, 0.29) is 0 Å². The highest BCUT2D eigenvalue weighted by molar-refractivity contribution is 9.10. The first-order valence-electron chi connectivity index (χ1n) is 7.13. The molecule has 0 aliphatic carbocycles. The number of aromatic nitrogens is 3. The first kappa shape index (κ1) is 13.8. The van der Waals surface area contributed by atoms with E-state index in [1.807, 2.05) is 23.0 Å². The number of hydrogen-bond acceptors (Lipinski definition) is 4. The van der Waals surface area contributed by atoms with Gasteiger partial charge in [0.1, 0.15) is 4.60 Å². The molecule has 6 heteroatoms. The van der Waals surface area contributed by atoms with Gasteiger partial charge in [-0.2, -0.15) is 0 Å². The molecule has 0 aromatic carbocycles. The normalized spacial score (nSPS) is 17.8. The predicted molar refractivity (Wildman–Crippen MR) is 84.2 cm³/mol. The number of rotatable bonds is 3. The van der Waals surface area contributed by atoms with Gasteiger partial charge in [0.25, 0.3) is 0 Å². The van der Waals surface area contributed by atoms with Gasteiger partial charge in [0, 0.05) is 44.8 Å². The summed E-state index contributed by atoms with van der Waals surface area (Å²) < 4.78 is 2.86. The molecule has 2 aromatic rings. The highest BCUT2D eigenvalue weighted by Gasteiger charge is 2.24. The Balaban J connectivity index is 1.85. The van der Waals surface area contributed by atoms with Crippen molar-refractivity contribution < 1.29 is 0 Å². The molecule has 1 saturated heterocycles. The zero-order chi connectivity index (χ0) is 14.1. The molecule has 1 aliphatic heterocycles. The Morgan fingerprint density at radius 2 is 2.15 bits per heavy atom. The fourth-order valence-corrected chi connectivity index (χ4v) is 3.31. The number of halogens is 1. The topological polar surface area (TPSA) is 36.7 Å². The number of fused-ring (bicyclic) bond motifs is 1. The number of nitrogens with zero attached hydrogens (tertiary/aromatic N) is 5. The van der Waals surface area contributed by atoms with Crippen molar-refractivity contribution in [3.8, 4) is 0 Å². The molecule has 1 fully saturated rings. The maximum atomic E-state index is 4.63. The summed E-state index contributed by atoms with van der Waals surface area (Å²) in [7, 11) is 2.13. The second-order valence-electron chi connectivity index (χ2n) is 5.32. The van der Waals surface area contributed by atoms with Crippen LogP contribution in [0.15, 0.2) is 23.2 Å². The zero-order valence-electron chi connectivity index (χ0n) is 12.0. The third-order valence-electron chi connectivity index (χ3n) is 4.21.